The van der Waals surface area contributed by atoms with E-state index in [0.717, 1.165) is 11.0 Å². The van der Waals surface area contributed by atoms with Gasteiger partial charge < -0.3 is 9.67 Å². The summed E-state index contributed by atoms with van der Waals surface area (Å²) in [6.07, 6.45) is 4.50. The smallest absolute Gasteiger partial charge is 0.273 e. The molecule has 0 aliphatic heterocycles. The number of rotatable bonds is 5. The number of fused-ring (bicyclic) bond motifs is 1. The van der Waals surface area contributed by atoms with Gasteiger partial charge in [0.1, 0.15) is 5.69 Å². The van der Waals surface area contributed by atoms with Gasteiger partial charge >= 0.3 is 0 Å². The van der Waals surface area contributed by atoms with Crippen LogP contribution < -0.4 is 5.56 Å². The summed E-state index contributed by atoms with van der Waals surface area (Å²) in [5, 5.41) is 9.38. The van der Waals surface area contributed by atoms with Gasteiger partial charge in [-0.05, 0) is 38.8 Å². The van der Waals surface area contributed by atoms with Gasteiger partial charge in [-0.3, -0.25) is 4.79 Å². The van der Waals surface area contributed by atoms with E-state index >= 15 is 0 Å². The zero-order valence-electron chi connectivity index (χ0n) is 11.9. The van der Waals surface area contributed by atoms with Crippen molar-refractivity contribution >= 4 is 11.0 Å². The van der Waals surface area contributed by atoms with E-state index in [1.165, 1.54) is 0 Å². The molecular weight excluding hydrogens is 252 g/mol. The van der Waals surface area contributed by atoms with E-state index in [9.17, 15) is 9.90 Å². The Balaban J connectivity index is 2.54. The van der Waals surface area contributed by atoms with Crippen molar-refractivity contribution in [2.75, 3.05) is 0 Å². The van der Waals surface area contributed by atoms with Crippen LogP contribution in [0.25, 0.3) is 11.0 Å². The molecule has 0 spiro atoms. The monoisotopic (exact) mass is 272 g/mol. The molecule has 0 saturated carbocycles. The maximum absolute atomic E-state index is 12.5. The molecule has 1 N–H and O–H groups in total. The second kappa shape index (κ2) is 6.48. The van der Waals surface area contributed by atoms with Crippen molar-refractivity contribution in [2.24, 2.45) is 0 Å². The minimum Gasteiger partial charge on any atom is -0.393 e. The molecular formula is C16H20N2O2. The van der Waals surface area contributed by atoms with Crippen molar-refractivity contribution in [3.8, 4) is 0 Å². The van der Waals surface area contributed by atoms with Gasteiger partial charge in [-0.2, -0.15) is 0 Å². The van der Waals surface area contributed by atoms with Crippen LogP contribution in [-0.4, -0.2) is 20.8 Å². The summed E-state index contributed by atoms with van der Waals surface area (Å²) >= 11 is 0. The number of aliphatic hydroxyl groups is 1. The molecule has 0 amide bonds. The highest BCUT2D eigenvalue weighted by Gasteiger charge is 2.10. The zero-order chi connectivity index (χ0) is 14.5. The summed E-state index contributed by atoms with van der Waals surface area (Å²) in [5.74, 6) is 0. The second-order valence-electron chi connectivity index (χ2n) is 4.92. The molecule has 0 bridgehead atoms. The van der Waals surface area contributed by atoms with Gasteiger partial charge in [0.25, 0.3) is 5.56 Å². The van der Waals surface area contributed by atoms with Crippen molar-refractivity contribution in [1.29, 1.82) is 0 Å². The van der Waals surface area contributed by atoms with E-state index < -0.39 is 6.10 Å². The number of allylic oxidation sites excluding steroid dienone is 2. The van der Waals surface area contributed by atoms with E-state index in [-0.39, 0.29) is 5.56 Å². The predicted octanol–water partition coefficient (Wildman–Crippen LogP) is 2.29. The predicted molar refractivity (Wildman–Crippen MR) is 80.8 cm³/mol. The van der Waals surface area contributed by atoms with Crippen molar-refractivity contribution < 1.29 is 5.11 Å². The van der Waals surface area contributed by atoms with Crippen molar-refractivity contribution in [3.05, 3.63) is 52.5 Å². The fraction of sp³-hybridized carbons (Fsp3) is 0.375. The van der Waals surface area contributed by atoms with Gasteiger partial charge in [-0.25, -0.2) is 4.98 Å². The molecule has 1 heterocycles. The Hall–Kier alpha value is -1.94. The van der Waals surface area contributed by atoms with Gasteiger partial charge in [0, 0.05) is 6.54 Å². The first-order chi connectivity index (χ1) is 9.63. The van der Waals surface area contributed by atoms with Crippen LogP contribution in [-0.2, 0) is 13.0 Å². The Morgan fingerprint density at radius 2 is 2.15 bits per heavy atom. The first-order valence-corrected chi connectivity index (χ1v) is 6.91. The number of hydrogen-bond acceptors (Lipinski definition) is 3. The van der Waals surface area contributed by atoms with E-state index in [1.807, 2.05) is 43.3 Å². The van der Waals surface area contributed by atoms with Gasteiger partial charge in [-0.1, -0.05) is 24.3 Å². The van der Waals surface area contributed by atoms with Crippen LogP contribution in [0.1, 0.15) is 26.0 Å². The number of hydrogen-bond donors (Lipinski definition) is 1. The molecule has 0 aliphatic carbocycles. The Kier molecular flexibility index (Phi) is 4.69. The minimum atomic E-state index is -0.424. The number of aromatic nitrogens is 2. The van der Waals surface area contributed by atoms with E-state index in [2.05, 4.69) is 4.98 Å². The Labute approximate surface area is 118 Å². The standard InChI is InChI=1S/C16H20N2O2/c1-3-4-11-18-15-8-6-5-7-13(15)17-14(16(18)20)10-9-12(2)19/h3-8,12,19H,9-11H2,1-2H3. The average molecular weight is 272 g/mol. The second-order valence-corrected chi connectivity index (χ2v) is 4.92. The molecule has 0 aliphatic rings. The number of aryl methyl sites for hydroxylation is 1. The molecule has 0 radical (unpaired) electrons. The van der Waals surface area contributed by atoms with Crippen LogP contribution in [0.15, 0.2) is 41.2 Å². The fourth-order valence-corrected chi connectivity index (χ4v) is 2.15. The molecule has 4 nitrogen and oxygen atoms in total. The summed E-state index contributed by atoms with van der Waals surface area (Å²) < 4.78 is 1.74. The maximum atomic E-state index is 12.5. The summed E-state index contributed by atoms with van der Waals surface area (Å²) in [7, 11) is 0. The first kappa shape index (κ1) is 14.5. The van der Waals surface area contributed by atoms with Crippen LogP contribution in [0, 0.1) is 0 Å². The third kappa shape index (κ3) is 3.14. The van der Waals surface area contributed by atoms with E-state index in [0.29, 0.717) is 25.1 Å². The Morgan fingerprint density at radius 3 is 2.85 bits per heavy atom. The number of nitrogens with zero attached hydrogens (tertiary/aromatic N) is 2. The molecule has 1 aromatic heterocycles. The highest BCUT2D eigenvalue weighted by molar-refractivity contribution is 5.74. The van der Waals surface area contributed by atoms with Crippen molar-refractivity contribution in [2.45, 2.75) is 39.3 Å². The lowest BCUT2D eigenvalue weighted by molar-refractivity contribution is 0.184. The van der Waals surface area contributed by atoms with E-state index in [1.54, 1.807) is 11.5 Å². The highest BCUT2D eigenvalue weighted by Crippen LogP contribution is 2.11. The number of benzene rings is 1. The molecule has 2 rings (SSSR count). The van der Waals surface area contributed by atoms with Crippen LogP contribution >= 0.6 is 0 Å². The van der Waals surface area contributed by atoms with Crippen LogP contribution in [0.4, 0.5) is 0 Å². The largest absolute Gasteiger partial charge is 0.393 e. The molecule has 0 fully saturated rings. The summed E-state index contributed by atoms with van der Waals surface area (Å²) in [5.41, 5.74) is 2.12. The fourth-order valence-electron chi connectivity index (χ4n) is 2.15. The van der Waals surface area contributed by atoms with Gasteiger partial charge in [0.15, 0.2) is 0 Å². The topological polar surface area (TPSA) is 55.1 Å². The third-order valence-corrected chi connectivity index (χ3v) is 3.24. The maximum Gasteiger partial charge on any atom is 0.273 e. The Morgan fingerprint density at radius 1 is 1.40 bits per heavy atom. The molecule has 106 valence electrons. The van der Waals surface area contributed by atoms with Crippen LogP contribution in [0.5, 0.6) is 0 Å². The minimum absolute atomic E-state index is 0.0672. The quantitative estimate of drug-likeness (QED) is 0.850. The highest BCUT2D eigenvalue weighted by atomic mass is 16.3. The van der Waals surface area contributed by atoms with Gasteiger partial charge in [-0.15, -0.1) is 0 Å². The van der Waals surface area contributed by atoms with Crippen molar-refractivity contribution in [3.63, 3.8) is 0 Å². The van der Waals surface area contributed by atoms with Crippen molar-refractivity contribution in [1.82, 2.24) is 9.55 Å². The summed E-state index contributed by atoms with van der Waals surface area (Å²) in [6.45, 7) is 4.20. The van der Waals surface area contributed by atoms with E-state index in [4.69, 9.17) is 0 Å². The molecule has 1 unspecified atom stereocenters. The molecule has 1 aromatic carbocycles. The Bertz CT molecular complexity index is 672. The molecule has 1 atom stereocenters. The summed E-state index contributed by atoms with van der Waals surface area (Å²) in [6, 6.07) is 7.64. The normalized spacial score (nSPS) is 13.2. The summed E-state index contributed by atoms with van der Waals surface area (Å²) in [4.78, 5) is 16.9. The molecule has 20 heavy (non-hydrogen) atoms. The van der Waals surface area contributed by atoms with Gasteiger partial charge in [0.2, 0.25) is 0 Å². The molecule has 4 heteroatoms. The lowest BCUT2D eigenvalue weighted by Gasteiger charge is -2.11. The van der Waals surface area contributed by atoms with Crippen LogP contribution in [0.3, 0.4) is 0 Å². The van der Waals surface area contributed by atoms with Crippen LogP contribution in [0.2, 0.25) is 0 Å². The molecule has 2 aromatic rings. The number of aliphatic hydroxyl groups excluding tert-OH is 1. The third-order valence-electron chi connectivity index (χ3n) is 3.24. The zero-order valence-corrected chi connectivity index (χ0v) is 11.9. The molecule has 0 saturated heterocycles. The number of para-hydroxylation sites is 2. The average Bonchev–Trinajstić information content (AvgIpc) is 2.44. The SMILES string of the molecule is CC=CCn1c(=O)c(CCC(C)O)nc2ccccc21. The lowest BCUT2D eigenvalue weighted by atomic mass is 10.1. The lowest BCUT2D eigenvalue weighted by Crippen LogP contribution is -2.26. The van der Waals surface area contributed by atoms with Gasteiger partial charge in [0.05, 0.1) is 17.1 Å². The first-order valence-electron chi connectivity index (χ1n) is 6.91.